The molecule has 0 saturated carbocycles. The summed E-state index contributed by atoms with van der Waals surface area (Å²) in [6.45, 7) is 1.79. The molecule has 0 atom stereocenters. The first-order valence-corrected chi connectivity index (χ1v) is 7.52. The fourth-order valence-electron chi connectivity index (χ4n) is 2.44. The van der Waals surface area contributed by atoms with Gasteiger partial charge in [0.15, 0.2) is 11.3 Å². The van der Waals surface area contributed by atoms with E-state index in [4.69, 9.17) is 4.74 Å². The van der Waals surface area contributed by atoms with E-state index in [1.807, 2.05) is 30.3 Å². The van der Waals surface area contributed by atoms with Crippen LogP contribution in [0.15, 0.2) is 30.3 Å². The van der Waals surface area contributed by atoms with E-state index < -0.39 is 11.9 Å². The van der Waals surface area contributed by atoms with Crippen LogP contribution in [0.5, 0.6) is 0 Å². The molecule has 2 heterocycles. The number of para-hydroxylation sites is 1. The molecule has 0 aliphatic heterocycles. The number of aryl methyl sites for hydroxylation is 1. The summed E-state index contributed by atoms with van der Waals surface area (Å²) in [7, 11) is 2.51. The lowest BCUT2D eigenvalue weighted by molar-refractivity contribution is -0.139. The van der Waals surface area contributed by atoms with Gasteiger partial charge in [-0.15, -0.1) is 0 Å². The highest BCUT2D eigenvalue weighted by Crippen LogP contribution is 2.21. The van der Waals surface area contributed by atoms with E-state index in [1.165, 1.54) is 14.2 Å². The first-order valence-electron chi connectivity index (χ1n) is 7.52. The number of esters is 2. The monoisotopic (exact) mass is 340 g/mol. The van der Waals surface area contributed by atoms with Gasteiger partial charge in [0.2, 0.25) is 0 Å². The minimum atomic E-state index is -0.674. The Hall–Kier alpha value is -3.29. The zero-order valence-electron chi connectivity index (χ0n) is 14.0. The average molecular weight is 340 g/mol. The molecule has 0 bridgehead atoms. The largest absolute Gasteiger partial charge is 0.469 e. The van der Waals surface area contributed by atoms with Crippen molar-refractivity contribution in [2.24, 2.45) is 0 Å². The van der Waals surface area contributed by atoms with Crippen molar-refractivity contribution in [3.05, 3.63) is 47.4 Å². The quantitative estimate of drug-likeness (QED) is 0.666. The molecule has 8 nitrogen and oxygen atoms in total. The van der Waals surface area contributed by atoms with E-state index >= 15 is 0 Å². The van der Waals surface area contributed by atoms with Gasteiger partial charge in [0.25, 0.3) is 0 Å². The van der Waals surface area contributed by atoms with E-state index in [0.29, 0.717) is 16.9 Å². The van der Waals surface area contributed by atoms with Gasteiger partial charge in [-0.05, 0) is 19.1 Å². The van der Waals surface area contributed by atoms with Gasteiger partial charge in [0.05, 0.1) is 37.7 Å². The Morgan fingerprint density at radius 1 is 1.08 bits per heavy atom. The third kappa shape index (κ3) is 3.06. The molecule has 0 unspecified atom stereocenters. The van der Waals surface area contributed by atoms with E-state index in [-0.39, 0.29) is 17.8 Å². The number of hydrogen-bond acceptors (Lipinski definition) is 7. The molecular formula is C17H16N4O4. The summed E-state index contributed by atoms with van der Waals surface area (Å²) in [5.74, 6) is -1.20. The van der Waals surface area contributed by atoms with Crippen molar-refractivity contribution in [1.82, 2.24) is 19.7 Å². The van der Waals surface area contributed by atoms with Gasteiger partial charge in [-0.25, -0.2) is 19.4 Å². The van der Waals surface area contributed by atoms with Gasteiger partial charge in [0.1, 0.15) is 5.52 Å². The molecule has 1 aromatic carbocycles. The molecule has 25 heavy (non-hydrogen) atoms. The molecule has 0 fully saturated rings. The molecule has 3 rings (SSSR count). The minimum Gasteiger partial charge on any atom is -0.469 e. The molecule has 8 heteroatoms. The van der Waals surface area contributed by atoms with Gasteiger partial charge in [-0.2, -0.15) is 5.10 Å². The summed E-state index contributed by atoms with van der Waals surface area (Å²) < 4.78 is 11.0. The smallest absolute Gasteiger partial charge is 0.358 e. The lowest BCUT2D eigenvalue weighted by Gasteiger charge is -2.07. The number of benzene rings is 1. The first-order chi connectivity index (χ1) is 12.0. The number of methoxy groups -OCH3 is 2. The zero-order chi connectivity index (χ0) is 18.0. The second-order valence-electron chi connectivity index (χ2n) is 5.27. The molecule has 128 valence electrons. The van der Waals surface area contributed by atoms with Crippen LogP contribution in [0.1, 0.15) is 21.9 Å². The van der Waals surface area contributed by atoms with Crippen LogP contribution in [0.4, 0.5) is 0 Å². The maximum atomic E-state index is 12.1. The number of fused-ring (bicyclic) bond motifs is 1. The Balaban J connectivity index is 2.24. The maximum Gasteiger partial charge on any atom is 0.358 e. The second kappa shape index (κ2) is 6.68. The molecule has 0 aliphatic rings. The highest BCUT2D eigenvalue weighted by Gasteiger charge is 2.23. The maximum absolute atomic E-state index is 12.1. The van der Waals surface area contributed by atoms with Crippen molar-refractivity contribution in [2.45, 2.75) is 13.3 Å². The van der Waals surface area contributed by atoms with E-state index in [2.05, 4.69) is 19.8 Å². The third-order valence-corrected chi connectivity index (χ3v) is 3.66. The van der Waals surface area contributed by atoms with Crippen molar-refractivity contribution >= 4 is 23.1 Å². The molecule has 0 radical (unpaired) electrons. The van der Waals surface area contributed by atoms with Crippen molar-refractivity contribution in [3.8, 4) is 5.69 Å². The van der Waals surface area contributed by atoms with Crippen LogP contribution in [0.25, 0.3) is 16.9 Å². The van der Waals surface area contributed by atoms with Gasteiger partial charge >= 0.3 is 11.9 Å². The van der Waals surface area contributed by atoms with Gasteiger partial charge in [-0.1, -0.05) is 18.2 Å². The average Bonchev–Trinajstić information content (AvgIpc) is 2.97. The fourth-order valence-corrected chi connectivity index (χ4v) is 2.44. The summed E-state index contributed by atoms with van der Waals surface area (Å²) >= 11 is 0. The molecule has 0 aliphatic carbocycles. The molecule has 0 N–H and O–H groups in total. The van der Waals surface area contributed by atoms with Gasteiger partial charge < -0.3 is 9.47 Å². The van der Waals surface area contributed by atoms with Crippen LogP contribution in [-0.2, 0) is 20.7 Å². The first kappa shape index (κ1) is 16.6. The molecule has 3 aromatic rings. The predicted octanol–water partition coefficient (Wildman–Crippen LogP) is 1.63. The normalized spacial score (nSPS) is 10.7. The molecule has 2 aromatic heterocycles. The standard InChI is InChI=1S/C17H16N4O4/c1-10-14-16(21(20-10)11-7-5-4-6-8-11)19-15(17(23)25-3)12(18-14)9-13(22)24-2/h4-8H,9H2,1-3H3. The van der Waals surface area contributed by atoms with Gasteiger partial charge in [0, 0.05) is 0 Å². The van der Waals surface area contributed by atoms with E-state index in [1.54, 1.807) is 11.6 Å². The highest BCUT2D eigenvalue weighted by molar-refractivity contribution is 5.92. The van der Waals surface area contributed by atoms with E-state index in [0.717, 1.165) is 5.69 Å². The summed E-state index contributed by atoms with van der Waals surface area (Å²) in [5, 5.41) is 4.45. The Labute approximate surface area is 143 Å². The number of aromatic nitrogens is 4. The Morgan fingerprint density at radius 2 is 1.80 bits per heavy atom. The number of ether oxygens (including phenoxy) is 2. The molecule has 0 saturated heterocycles. The van der Waals surface area contributed by atoms with Crippen LogP contribution in [0.2, 0.25) is 0 Å². The van der Waals surface area contributed by atoms with Crippen LogP contribution in [0, 0.1) is 6.92 Å². The predicted molar refractivity (Wildman–Crippen MR) is 88.5 cm³/mol. The van der Waals surface area contributed by atoms with Crippen molar-refractivity contribution in [2.75, 3.05) is 14.2 Å². The lowest BCUT2D eigenvalue weighted by atomic mass is 10.2. The summed E-state index contributed by atoms with van der Waals surface area (Å²) in [6.07, 6.45) is -0.181. The van der Waals surface area contributed by atoms with Crippen LogP contribution in [0.3, 0.4) is 0 Å². The number of carbonyl (C=O) groups is 2. The number of rotatable bonds is 4. The summed E-state index contributed by atoms with van der Waals surface area (Å²) in [4.78, 5) is 32.5. The fraction of sp³-hybridized carbons (Fsp3) is 0.235. The minimum absolute atomic E-state index is 0.0301. The second-order valence-corrected chi connectivity index (χ2v) is 5.27. The Morgan fingerprint density at radius 3 is 2.44 bits per heavy atom. The summed E-state index contributed by atoms with van der Waals surface area (Å²) in [6, 6.07) is 9.38. The van der Waals surface area contributed by atoms with Crippen molar-refractivity contribution in [3.63, 3.8) is 0 Å². The Kier molecular flexibility index (Phi) is 4.42. The number of nitrogens with zero attached hydrogens (tertiary/aromatic N) is 4. The third-order valence-electron chi connectivity index (χ3n) is 3.66. The summed E-state index contributed by atoms with van der Waals surface area (Å²) in [5.41, 5.74) is 2.51. The lowest BCUT2D eigenvalue weighted by Crippen LogP contribution is -2.15. The van der Waals surface area contributed by atoms with E-state index in [9.17, 15) is 9.59 Å². The van der Waals surface area contributed by atoms with Crippen molar-refractivity contribution < 1.29 is 19.1 Å². The highest BCUT2D eigenvalue weighted by atomic mass is 16.5. The SMILES string of the molecule is COC(=O)Cc1nc2c(C)nn(-c3ccccc3)c2nc1C(=O)OC. The number of carbonyl (C=O) groups excluding carboxylic acids is 2. The van der Waals surface area contributed by atoms with Crippen molar-refractivity contribution in [1.29, 1.82) is 0 Å². The van der Waals surface area contributed by atoms with Gasteiger partial charge in [-0.3, -0.25) is 4.79 Å². The Bertz CT molecular complexity index is 950. The zero-order valence-corrected chi connectivity index (χ0v) is 14.0. The van der Waals surface area contributed by atoms with Crippen LogP contribution in [-0.4, -0.2) is 45.9 Å². The number of hydrogen-bond donors (Lipinski definition) is 0. The molecular weight excluding hydrogens is 324 g/mol. The van der Waals surface area contributed by atoms with Crippen LogP contribution < -0.4 is 0 Å². The van der Waals surface area contributed by atoms with Crippen LogP contribution >= 0.6 is 0 Å². The topological polar surface area (TPSA) is 96.2 Å². The molecule has 0 spiro atoms. The molecule has 0 amide bonds.